The summed E-state index contributed by atoms with van der Waals surface area (Å²) in [5.74, 6) is 1.16. The molecule has 0 radical (unpaired) electrons. The van der Waals surface area contributed by atoms with Crippen molar-refractivity contribution >= 4 is 16.8 Å². The number of rotatable bonds is 5. The molecule has 4 rings (SSSR count). The van der Waals surface area contributed by atoms with Gasteiger partial charge in [0.05, 0.1) is 0 Å². The van der Waals surface area contributed by atoms with Gasteiger partial charge in [0.2, 0.25) is 0 Å². The fourth-order valence-electron chi connectivity index (χ4n) is 4.59. The Hall–Kier alpha value is -2.55. The van der Waals surface area contributed by atoms with Crippen molar-refractivity contribution in [3.63, 3.8) is 0 Å². The SMILES string of the molecule is Cc1[nH]c2ccccc2c1[C@H]1[C@H](CCNC(=O)c2ccccc2)C1(C)C. The number of nitrogens with one attached hydrogen (secondary N) is 2. The Balaban J connectivity index is 1.45. The summed E-state index contributed by atoms with van der Waals surface area (Å²) in [5.41, 5.74) is 4.96. The smallest absolute Gasteiger partial charge is 0.251 e. The Labute approximate surface area is 154 Å². The van der Waals surface area contributed by atoms with Crippen LogP contribution in [0.4, 0.5) is 0 Å². The molecular formula is C23H26N2O. The standard InChI is InChI=1S/C23H26N2O/c1-15-20(17-11-7-8-12-19(17)25-15)21-18(23(21,2)3)13-14-24-22(26)16-9-5-4-6-10-16/h4-12,18,21,25H,13-14H2,1-3H3,(H,24,26)/t18-,21+/m0/s1. The minimum absolute atomic E-state index is 0.0175. The summed E-state index contributed by atoms with van der Waals surface area (Å²) in [6.07, 6.45) is 1.01. The summed E-state index contributed by atoms with van der Waals surface area (Å²) < 4.78 is 0. The molecule has 0 spiro atoms. The number of para-hydroxylation sites is 1. The lowest BCUT2D eigenvalue weighted by Gasteiger charge is -2.06. The minimum atomic E-state index is 0.0175. The number of benzene rings is 2. The van der Waals surface area contributed by atoms with Crippen LogP contribution in [0.5, 0.6) is 0 Å². The van der Waals surface area contributed by atoms with Gasteiger partial charge in [0.15, 0.2) is 0 Å². The van der Waals surface area contributed by atoms with Crippen molar-refractivity contribution in [2.75, 3.05) is 6.54 Å². The third-order valence-corrected chi connectivity index (χ3v) is 6.08. The molecule has 1 heterocycles. The zero-order valence-corrected chi connectivity index (χ0v) is 15.7. The molecule has 1 amide bonds. The topological polar surface area (TPSA) is 44.9 Å². The van der Waals surface area contributed by atoms with E-state index >= 15 is 0 Å². The first-order chi connectivity index (χ1) is 12.5. The van der Waals surface area contributed by atoms with Crippen molar-refractivity contribution in [3.05, 3.63) is 71.4 Å². The van der Waals surface area contributed by atoms with Crippen LogP contribution in [0.25, 0.3) is 10.9 Å². The van der Waals surface area contributed by atoms with Crippen LogP contribution >= 0.6 is 0 Å². The molecule has 3 heteroatoms. The fourth-order valence-corrected chi connectivity index (χ4v) is 4.59. The lowest BCUT2D eigenvalue weighted by atomic mass is 10.0. The van der Waals surface area contributed by atoms with Crippen LogP contribution < -0.4 is 5.32 Å². The predicted octanol–water partition coefficient (Wildman–Crippen LogP) is 5.04. The summed E-state index contributed by atoms with van der Waals surface area (Å²) in [5, 5.41) is 4.43. The average Bonchev–Trinajstić information content (AvgIpc) is 3.00. The number of aromatic nitrogens is 1. The van der Waals surface area contributed by atoms with Gasteiger partial charge < -0.3 is 10.3 Å². The molecule has 134 valence electrons. The highest BCUT2D eigenvalue weighted by molar-refractivity contribution is 5.94. The number of aryl methyl sites for hydroxylation is 1. The molecule has 1 aliphatic carbocycles. The zero-order chi connectivity index (χ0) is 18.3. The number of amides is 1. The Morgan fingerprint density at radius 1 is 1.08 bits per heavy atom. The van der Waals surface area contributed by atoms with Crippen molar-refractivity contribution in [1.29, 1.82) is 0 Å². The van der Waals surface area contributed by atoms with Gasteiger partial charge in [-0.15, -0.1) is 0 Å². The highest BCUT2D eigenvalue weighted by Crippen LogP contribution is 2.67. The summed E-state index contributed by atoms with van der Waals surface area (Å²) in [7, 11) is 0. The molecule has 3 nitrogen and oxygen atoms in total. The maximum atomic E-state index is 12.2. The summed E-state index contributed by atoms with van der Waals surface area (Å²) in [6.45, 7) is 7.60. The van der Waals surface area contributed by atoms with Crippen molar-refractivity contribution in [3.8, 4) is 0 Å². The van der Waals surface area contributed by atoms with Crippen LogP contribution in [0.1, 0.15) is 47.8 Å². The van der Waals surface area contributed by atoms with Crippen LogP contribution in [0.15, 0.2) is 54.6 Å². The maximum absolute atomic E-state index is 12.2. The van der Waals surface area contributed by atoms with E-state index in [4.69, 9.17) is 0 Å². The number of hydrogen-bond donors (Lipinski definition) is 2. The maximum Gasteiger partial charge on any atom is 0.251 e. The minimum Gasteiger partial charge on any atom is -0.358 e. The van der Waals surface area contributed by atoms with E-state index in [2.05, 4.69) is 55.3 Å². The molecule has 0 saturated heterocycles. The van der Waals surface area contributed by atoms with Crippen molar-refractivity contribution in [2.45, 2.75) is 33.1 Å². The van der Waals surface area contributed by atoms with Crippen LogP contribution in [0.3, 0.4) is 0 Å². The molecule has 0 unspecified atom stereocenters. The number of H-pyrrole nitrogens is 1. The van der Waals surface area contributed by atoms with Crippen LogP contribution in [-0.2, 0) is 0 Å². The van der Waals surface area contributed by atoms with Crippen molar-refractivity contribution in [1.82, 2.24) is 10.3 Å². The molecule has 1 aromatic heterocycles. The first-order valence-electron chi connectivity index (χ1n) is 9.40. The van der Waals surface area contributed by atoms with Gasteiger partial charge in [0, 0.05) is 28.7 Å². The van der Waals surface area contributed by atoms with E-state index in [-0.39, 0.29) is 11.3 Å². The molecule has 2 atom stereocenters. The second kappa shape index (κ2) is 6.31. The molecule has 1 saturated carbocycles. The molecule has 2 aromatic carbocycles. The Morgan fingerprint density at radius 2 is 1.77 bits per heavy atom. The molecule has 0 aliphatic heterocycles. The van der Waals surface area contributed by atoms with E-state index in [1.54, 1.807) is 0 Å². The van der Waals surface area contributed by atoms with E-state index in [1.165, 1.54) is 22.2 Å². The highest BCUT2D eigenvalue weighted by Gasteiger charge is 2.58. The van der Waals surface area contributed by atoms with Gasteiger partial charge in [0.25, 0.3) is 5.91 Å². The Morgan fingerprint density at radius 3 is 2.54 bits per heavy atom. The summed E-state index contributed by atoms with van der Waals surface area (Å²) in [6, 6.07) is 18.0. The zero-order valence-electron chi connectivity index (χ0n) is 15.7. The average molecular weight is 346 g/mol. The summed E-state index contributed by atoms with van der Waals surface area (Å²) >= 11 is 0. The Kier molecular flexibility index (Phi) is 4.10. The van der Waals surface area contributed by atoms with Crippen molar-refractivity contribution < 1.29 is 4.79 Å². The van der Waals surface area contributed by atoms with Gasteiger partial charge in [-0.25, -0.2) is 0 Å². The number of aromatic amines is 1. The monoisotopic (exact) mass is 346 g/mol. The number of fused-ring (bicyclic) bond motifs is 1. The predicted molar refractivity (Wildman–Crippen MR) is 106 cm³/mol. The quantitative estimate of drug-likeness (QED) is 0.668. The van der Waals surface area contributed by atoms with Crippen LogP contribution in [-0.4, -0.2) is 17.4 Å². The lowest BCUT2D eigenvalue weighted by molar-refractivity contribution is 0.0952. The van der Waals surface area contributed by atoms with Gasteiger partial charge in [-0.2, -0.15) is 0 Å². The lowest BCUT2D eigenvalue weighted by Crippen LogP contribution is -2.24. The van der Waals surface area contributed by atoms with E-state index in [9.17, 15) is 4.79 Å². The third-order valence-electron chi connectivity index (χ3n) is 6.08. The molecule has 3 aromatic rings. The second-order valence-corrected chi connectivity index (χ2v) is 8.03. The third kappa shape index (κ3) is 2.82. The van der Waals surface area contributed by atoms with Gasteiger partial charge >= 0.3 is 0 Å². The molecule has 1 fully saturated rings. The number of carbonyl (C=O) groups is 1. The van der Waals surface area contributed by atoms with Crippen LogP contribution in [0, 0.1) is 18.3 Å². The van der Waals surface area contributed by atoms with E-state index in [1.807, 2.05) is 30.3 Å². The molecule has 2 N–H and O–H groups in total. The van der Waals surface area contributed by atoms with Gasteiger partial charge in [-0.3, -0.25) is 4.79 Å². The summed E-state index contributed by atoms with van der Waals surface area (Å²) in [4.78, 5) is 15.8. The van der Waals surface area contributed by atoms with Gasteiger partial charge in [-0.05, 0) is 54.4 Å². The molecular weight excluding hydrogens is 320 g/mol. The first-order valence-corrected chi connectivity index (χ1v) is 9.40. The molecule has 1 aliphatic rings. The van der Waals surface area contributed by atoms with Crippen LogP contribution in [0.2, 0.25) is 0 Å². The van der Waals surface area contributed by atoms with Crippen molar-refractivity contribution in [2.24, 2.45) is 11.3 Å². The number of hydrogen-bond acceptors (Lipinski definition) is 1. The van der Waals surface area contributed by atoms with E-state index < -0.39 is 0 Å². The highest BCUT2D eigenvalue weighted by atomic mass is 16.1. The van der Waals surface area contributed by atoms with Gasteiger partial charge in [0.1, 0.15) is 0 Å². The fraction of sp³-hybridized carbons (Fsp3) is 0.348. The van der Waals surface area contributed by atoms with Gasteiger partial charge in [-0.1, -0.05) is 50.2 Å². The molecule has 0 bridgehead atoms. The van der Waals surface area contributed by atoms with E-state index in [0.29, 0.717) is 11.8 Å². The number of carbonyl (C=O) groups excluding carboxylic acids is 1. The van der Waals surface area contributed by atoms with E-state index in [0.717, 1.165) is 18.5 Å². The normalized spacial score (nSPS) is 20.9. The molecule has 26 heavy (non-hydrogen) atoms. The largest absolute Gasteiger partial charge is 0.358 e. The Bertz CT molecular complexity index is 939. The second-order valence-electron chi connectivity index (χ2n) is 8.03. The first kappa shape index (κ1) is 16.9.